The second kappa shape index (κ2) is 6.08. The summed E-state index contributed by atoms with van der Waals surface area (Å²) in [6.07, 6.45) is 5.89. The van der Waals surface area contributed by atoms with Crippen LogP contribution in [0.3, 0.4) is 0 Å². The maximum atomic E-state index is 9.32. The topological polar surface area (TPSA) is 44.0 Å². The lowest BCUT2D eigenvalue weighted by molar-refractivity contribution is 0.473. The van der Waals surface area contributed by atoms with Crippen LogP contribution in [0.1, 0.15) is 43.7 Å². The van der Waals surface area contributed by atoms with Crippen molar-refractivity contribution in [2.24, 2.45) is 0 Å². The first-order valence-electron chi connectivity index (χ1n) is 5.50. The first-order chi connectivity index (χ1) is 7.27. The number of nitrogens with zero attached hydrogens (tertiary/aromatic N) is 1. The minimum absolute atomic E-state index is 0.0785. The van der Waals surface area contributed by atoms with Crippen LogP contribution in [0.4, 0.5) is 0 Å². The van der Waals surface area contributed by atoms with Gasteiger partial charge in [-0.1, -0.05) is 32.3 Å². The third-order valence-corrected chi connectivity index (χ3v) is 2.50. The zero-order chi connectivity index (χ0) is 11.1. The molecule has 0 spiro atoms. The highest BCUT2D eigenvalue weighted by Crippen LogP contribution is 2.18. The van der Waals surface area contributed by atoms with Crippen molar-refractivity contribution in [3.63, 3.8) is 0 Å². The average molecular weight is 203 g/mol. The van der Waals surface area contributed by atoms with E-state index in [1.165, 1.54) is 19.3 Å². The van der Waals surface area contributed by atoms with E-state index in [0.717, 1.165) is 18.4 Å². The Balaban J connectivity index is 2.52. The first-order valence-corrected chi connectivity index (χ1v) is 5.50. The molecule has 0 aliphatic heterocycles. The van der Waals surface area contributed by atoms with Gasteiger partial charge < -0.3 is 5.11 Å². The molecule has 0 bridgehead atoms. The first kappa shape index (κ1) is 11.6. The minimum atomic E-state index is 0.0785. The number of unbranched alkanes of at least 4 members (excludes halogenated alkanes) is 3. The molecule has 0 saturated carbocycles. The summed E-state index contributed by atoms with van der Waals surface area (Å²) in [6.45, 7) is 2.19. The van der Waals surface area contributed by atoms with Gasteiger partial charge in [-0.3, -0.25) is 0 Å². The smallest absolute Gasteiger partial charge is 0.133 e. The zero-order valence-electron chi connectivity index (χ0n) is 9.16. The summed E-state index contributed by atoms with van der Waals surface area (Å²) in [5, 5.41) is 18.1. The van der Waals surface area contributed by atoms with Crippen LogP contribution < -0.4 is 0 Å². The number of phenols is 1. The van der Waals surface area contributed by atoms with Crippen LogP contribution in [0.15, 0.2) is 18.2 Å². The van der Waals surface area contributed by atoms with Crippen molar-refractivity contribution in [1.29, 1.82) is 5.26 Å². The minimum Gasteiger partial charge on any atom is -0.507 e. The van der Waals surface area contributed by atoms with Gasteiger partial charge in [0.05, 0.1) is 5.56 Å². The molecule has 0 heterocycles. The average Bonchev–Trinajstić information content (AvgIpc) is 2.26. The van der Waals surface area contributed by atoms with Gasteiger partial charge in [0.25, 0.3) is 0 Å². The molecule has 0 aromatic heterocycles. The summed E-state index contributed by atoms with van der Waals surface area (Å²) in [5.74, 6) is 0.0785. The van der Waals surface area contributed by atoms with E-state index < -0.39 is 0 Å². The fraction of sp³-hybridized carbons (Fsp3) is 0.462. The fourth-order valence-corrected chi connectivity index (χ4v) is 1.58. The zero-order valence-corrected chi connectivity index (χ0v) is 9.16. The lowest BCUT2D eigenvalue weighted by Crippen LogP contribution is -1.87. The van der Waals surface area contributed by atoms with Crippen molar-refractivity contribution in [2.75, 3.05) is 0 Å². The van der Waals surface area contributed by atoms with Crippen LogP contribution in [0.2, 0.25) is 0 Å². The predicted octanol–water partition coefficient (Wildman–Crippen LogP) is 3.39. The van der Waals surface area contributed by atoms with Gasteiger partial charge in [-0.25, -0.2) is 0 Å². The van der Waals surface area contributed by atoms with Gasteiger partial charge in [-0.2, -0.15) is 5.26 Å². The number of aromatic hydroxyl groups is 1. The maximum Gasteiger partial charge on any atom is 0.133 e. The number of hydrogen-bond acceptors (Lipinski definition) is 2. The summed E-state index contributed by atoms with van der Waals surface area (Å²) in [5.41, 5.74) is 1.52. The van der Waals surface area contributed by atoms with E-state index in [0.29, 0.717) is 5.56 Å². The SMILES string of the molecule is CCCCCCc1ccc(O)c(C#N)c1. The van der Waals surface area contributed by atoms with Crippen molar-refractivity contribution in [3.05, 3.63) is 29.3 Å². The highest BCUT2D eigenvalue weighted by Gasteiger charge is 2.01. The second-order valence-corrected chi connectivity index (χ2v) is 3.77. The molecule has 0 saturated heterocycles. The van der Waals surface area contributed by atoms with Gasteiger partial charge in [0.15, 0.2) is 0 Å². The normalized spacial score (nSPS) is 9.87. The predicted molar refractivity (Wildman–Crippen MR) is 60.7 cm³/mol. The Bertz CT molecular complexity index is 352. The number of rotatable bonds is 5. The lowest BCUT2D eigenvalue weighted by Gasteiger charge is -2.02. The lowest BCUT2D eigenvalue weighted by atomic mass is 10.0. The molecule has 0 aliphatic rings. The van der Waals surface area contributed by atoms with Gasteiger partial charge in [-0.15, -0.1) is 0 Å². The van der Waals surface area contributed by atoms with E-state index >= 15 is 0 Å². The molecule has 0 aliphatic carbocycles. The molecule has 0 radical (unpaired) electrons. The Morgan fingerprint density at radius 2 is 2.07 bits per heavy atom. The third-order valence-electron chi connectivity index (χ3n) is 2.50. The van der Waals surface area contributed by atoms with Gasteiger partial charge in [0, 0.05) is 0 Å². The van der Waals surface area contributed by atoms with Crippen LogP contribution in [-0.4, -0.2) is 5.11 Å². The van der Waals surface area contributed by atoms with Crippen molar-refractivity contribution < 1.29 is 5.11 Å². The Morgan fingerprint density at radius 3 is 2.73 bits per heavy atom. The molecule has 0 atom stereocenters. The monoisotopic (exact) mass is 203 g/mol. The summed E-state index contributed by atoms with van der Waals surface area (Å²) in [4.78, 5) is 0. The maximum absolute atomic E-state index is 9.32. The highest BCUT2D eigenvalue weighted by molar-refractivity contribution is 5.44. The van der Waals surface area contributed by atoms with Crippen molar-refractivity contribution >= 4 is 0 Å². The molecule has 0 unspecified atom stereocenters. The molecule has 1 aromatic rings. The van der Waals surface area contributed by atoms with Crippen molar-refractivity contribution in [2.45, 2.75) is 39.0 Å². The van der Waals surface area contributed by atoms with Crippen LogP contribution >= 0.6 is 0 Å². The Labute approximate surface area is 91.2 Å². The molecule has 1 rings (SSSR count). The van der Waals surface area contributed by atoms with E-state index in [-0.39, 0.29) is 5.75 Å². The summed E-state index contributed by atoms with van der Waals surface area (Å²) in [6, 6.07) is 7.26. The third kappa shape index (κ3) is 3.63. The van der Waals surface area contributed by atoms with Crippen LogP contribution in [0.5, 0.6) is 5.75 Å². The number of phenolic OH excluding ortho intramolecular Hbond substituents is 1. The highest BCUT2D eigenvalue weighted by atomic mass is 16.3. The van der Waals surface area contributed by atoms with Gasteiger partial charge in [0.2, 0.25) is 0 Å². The molecule has 15 heavy (non-hydrogen) atoms. The fourth-order valence-electron chi connectivity index (χ4n) is 1.58. The summed E-state index contributed by atoms with van der Waals surface area (Å²) in [7, 11) is 0. The van der Waals surface area contributed by atoms with Gasteiger partial charge in [0.1, 0.15) is 11.8 Å². The summed E-state index contributed by atoms with van der Waals surface area (Å²) < 4.78 is 0. The molecule has 2 nitrogen and oxygen atoms in total. The van der Waals surface area contributed by atoms with Gasteiger partial charge in [-0.05, 0) is 30.5 Å². The number of hydrogen-bond donors (Lipinski definition) is 1. The van der Waals surface area contributed by atoms with E-state index in [1.54, 1.807) is 12.1 Å². The number of nitriles is 1. The van der Waals surface area contributed by atoms with E-state index in [2.05, 4.69) is 6.92 Å². The van der Waals surface area contributed by atoms with Crippen LogP contribution in [0.25, 0.3) is 0 Å². The molecule has 0 amide bonds. The molecule has 1 N–H and O–H groups in total. The molecule has 1 aromatic carbocycles. The van der Waals surface area contributed by atoms with E-state index in [4.69, 9.17) is 5.26 Å². The Kier molecular flexibility index (Phi) is 4.70. The quantitative estimate of drug-likeness (QED) is 0.745. The standard InChI is InChI=1S/C13H17NO/c1-2-3-4-5-6-11-7-8-13(15)12(9-11)10-14/h7-9,15H,2-6H2,1H3. The van der Waals surface area contributed by atoms with Crippen molar-refractivity contribution in [3.8, 4) is 11.8 Å². The van der Waals surface area contributed by atoms with E-state index in [9.17, 15) is 5.11 Å². The Morgan fingerprint density at radius 1 is 1.27 bits per heavy atom. The molecular weight excluding hydrogens is 186 g/mol. The van der Waals surface area contributed by atoms with Crippen LogP contribution in [-0.2, 0) is 6.42 Å². The molecule has 0 fully saturated rings. The summed E-state index contributed by atoms with van der Waals surface area (Å²) >= 11 is 0. The number of aryl methyl sites for hydroxylation is 1. The van der Waals surface area contributed by atoms with Crippen molar-refractivity contribution in [1.82, 2.24) is 0 Å². The molecule has 2 heteroatoms. The largest absolute Gasteiger partial charge is 0.507 e. The second-order valence-electron chi connectivity index (χ2n) is 3.77. The molecular formula is C13H17NO. The Hall–Kier alpha value is -1.49. The van der Waals surface area contributed by atoms with E-state index in [1.807, 2.05) is 12.1 Å². The van der Waals surface area contributed by atoms with Crippen LogP contribution in [0, 0.1) is 11.3 Å². The van der Waals surface area contributed by atoms with Gasteiger partial charge >= 0.3 is 0 Å². The molecule has 80 valence electrons. The number of benzene rings is 1.